The van der Waals surface area contributed by atoms with Crippen molar-refractivity contribution in [3.63, 3.8) is 0 Å². The minimum atomic E-state index is -0.211. The Hall–Kier alpha value is -2.74. The molecular formula is C21H27N5O3. The zero-order valence-electron chi connectivity index (χ0n) is 16.4. The maximum atomic E-state index is 12.7. The van der Waals surface area contributed by atoms with Gasteiger partial charge in [-0.05, 0) is 38.2 Å². The third kappa shape index (κ3) is 4.64. The van der Waals surface area contributed by atoms with E-state index in [1.807, 2.05) is 12.1 Å². The molecule has 2 fully saturated rings. The number of para-hydroxylation sites is 1. The maximum Gasteiger partial charge on any atom is 0.253 e. The topological polar surface area (TPSA) is 107 Å². The lowest BCUT2D eigenvalue weighted by Gasteiger charge is -2.26. The second-order valence-corrected chi connectivity index (χ2v) is 7.83. The Morgan fingerprint density at radius 1 is 1.24 bits per heavy atom. The van der Waals surface area contributed by atoms with Crippen molar-refractivity contribution in [2.75, 3.05) is 25.0 Å². The number of amides is 2. The van der Waals surface area contributed by atoms with Crippen LogP contribution in [0, 0.1) is 0 Å². The first kappa shape index (κ1) is 19.6. The van der Waals surface area contributed by atoms with Crippen molar-refractivity contribution in [3.05, 3.63) is 30.0 Å². The molecular weight excluding hydrogens is 370 g/mol. The summed E-state index contributed by atoms with van der Waals surface area (Å²) < 4.78 is 0. The summed E-state index contributed by atoms with van der Waals surface area (Å²) >= 11 is 0. The highest BCUT2D eigenvalue weighted by Gasteiger charge is 2.21. The fraction of sp³-hybridized carbons (Fsp3) is 0.524. The van der Waals surface area contributed by atoms with Crippen LogP contribution in [-0.4, -0.2) is 63.6 Å². The first-order valence-electron chi connectivity index (χ1n) is 10.4. The van der Waals surface area contributed by atoms with E-state index in [0.29, 0.717) is 36.5 Å². The fourth-order valence-corrected chi connectivity index (χ4v) is 4.05. The molecule has 154 valence electrons. The molecule has 1 saturated heterocycles. The molecule has 1 aliphatic heterocycles. The molecule has 29 heavy (non-hydrogen) atoms. The van der Waals surface area contributed by atoms with Crippen LogP contribution in [0.2, 0.25) is 0 Å². The van der Waals surface area contributed by atoms with E-state index in [1.165, 1.54) is 0 Å². The van der Waals surface area contributed by atoms with Gasteiger partial charge in [-0.3, -0.25) is 9.59 Å². The van der Waals surface area contributed by atoms with E-state index in [4.69, 9.17) is 0 Å². The number of fused-ring (bicyclic) bond motifs is 1. The van der Waals surface area contributed by atoms with E-state index < -0.39 is 0 Å². The molecule has 2 amide bonds. The second kappa shape index (κ2) is 8.73. The average molecular weight is 397 g/mol. The zero-order valence-corrected chi connectivity index (χ0v) is 16.4. The Morgan fingerprint density at radius 3 is 2.83 bits per heavy atom. The van der Waals surface area contributed by atoms with Crippen LogP contribution in [0.15, 0.2) is 24.4 Å². The van der Waals surface area contributed by atoms with Crippen LogP contribution in [0.5, 0.6) is 0 Å². The molecule has 3 N–H and O–H groups in total. The molecule has 0 bridgehead atoms. The number of carbonyl (C=O) groups excluding carboxylic acids is 2. The van der Waals surface area contributed by atoms with Gasteiger partial charge in [-0.25, -0.2) is 9.97 Å². The molecule has 1 aromatic carbocycles. The van der Waals surface area contributed by atoms with Crippen molar-refractivity contribution in [2.24, 2.45) is 0 Å². The number of aliphatic hydroxyl groups is 1. The van der Waals surface area contributed by atoms with Crippen molar-refractivity contribution in [3.8, 4) is 0 Å². The highest BCUT2D eigenvalue weighted by molar-refractivity contribution is 6.05. The number of aromatic nitrogens is 2. The monoisotopic (exact) mass is 397 g/mol. The molecule has 0 radical (unpaired) electrons. The summed E-state index contributed by atoms with van der Waals surface area (Å²) in [7, 11) is 0. The second-order valence-electron chi connectivity index (χ2n) is 7.83. The molecule has 4 rings (SSSR count). The van der Waals surface area contributed by atoms with Crippen molar-refractivity contribution >= 4 is 28.7 Å². The third-order valence-electron chi connectivity index (χ3n) is 5.72. The van der Waals surface area contributed by atoms with E-state index in [9.17, 15) is 14.7 Å². The van der Waals surface area contributed by atoms with Gasteiger partial charge in [0.1, 0.15) is 0 Å². The summed E-state index contributed by atoms with van der Waals surface area (Å²) in [6.07, 6.45) is 6.31. The van der Waals surface area contributed by atoms with Gasteiger partial charge in [0.2, 0.25) is 11.9 Å². The molecule has 1 aliphatic carbocycles. The fourth-order valence-electron chi connectivity index (χ4n) is 4.05. The largest absolute Gasteiger partial charge is 0.393 e. The number of nitrogens with zero attached hydrogens (tertiary/aromatic N) is 3. The predicted molar refractivity (Wildman–Crippen MR) is 110 cm³/mol. The average Bonchev–Trinajstić information content (AvgIpc) is 3.14. The van der Waals surface area contributed by atoms with Gasteiger partial charge in [0.15, 0.2) is 0 Å². The van der Waals surface area contributed by atoms with Gasteiger partial charge in [-0.15, -0.1) is 0 Å². The minimum Gasteiger partial charge on any atom is -0.393 e. The van der Waals surface area contributed by atoms with Gasteiger partial charge >= 0.3 is 0 Å². The Bertz CT molecular complexity index is 895. The van der Waals surface area contributed by atoms with E-state index in [1.54, 1.807) is 17.2 Å². The predicted octanol–water partition coefficient (Wildman–Crippen LogP) is 1.70. The van der Waals surface area contributed by atoms with Crippen LogP contribution >= 0.6 is 0 Å². The maximum absolute atomic E-state index is 12.7. The molecule has 1 aromatic heterocycles. The number of nitrogens with one attached hydrogen (secondary N) is 2. The quantitative estimate of drug-likeness (QED) is 0.685. The smallest absolute Gasteiger partial charge is 0.253 e. The van der Waals surface area contributed by atoms with Gasteiger partial charge < -0.3 is 20.6 Å². The molecule has 0 unspecified atom stereocenters. The molecule has 8 nitrogen and oxygen atoms in total. The van der Waals surface area contributed by atoms with Crippen molar-refractivity contribution in [2.45, 2.75) is 50.7 Å². The number of benzene rings is 1. The lowest BCUT2D eigenvalue weighted by molar-refractivity contribution is -0.127. The first-order chi connectivity index (χ1) is 14.1. The van der Waals surface area contributed by atoms with Crippen LogP contribution in [0.4, 0.5) is 5.95 Å². The van der Waals surface area contributed by atoms with E-state index in [2.05, 4.69) is 20.6 Å². The summed E-state index contributed by atoms with van der Waals surface area (Å²) in [5.74, 6) is 0.456. The molecule has 8 heteroatoms. The number of rotatable bonds is 6. The Kier molecular flexibility index (Phi) is 5.89. The molecule has 1 saturated carbocycles. The summed E-state index contributed by atoms with van der Waals surface area (Å²) in [4.78, 5) is 35.2. The molecule has 0 atom stereocenters. The minimum absolute atomic E-state index is 0.156. The first-order valence-corrected chi connectivity index (χ1v) is 10.4. The lowest BCUT2D eigenvalue weighted by Crippen LogP contribution is -2.35. The van der Waals surface area contributed by atoms with Crippen LogP contribution in [0.1, 0.15) is 48.9 Å². The Balaban J connectivity index is 1.43. The van der Waals surface area contributed by atoms with Crippen molar-refractivity contribution in [1.29, 1.82) is 0 Å². The molecule has 2 heterocycles. The van der Waals surface area contributed by atoms with E-state index in [-0.39, 0.29) is 24.0 Å². The number of likely N-dealkylation sites (tertiary alicyclic amines) is 1. The number of aliphatic hydroxyl groups excluding tert-OH is 1. The number of hydrogen-bond acceptors (Lipinski definition) is 6. The van der Waals surface area contributed by atoms with Crippen LogP contribution < -0.4 is 10.6 Å². The highest BCUT2D eigenvalue weighted by atomic mass is 16.3. The summed E-state index contributed by atoms with van der Waals surface area (Å²) in [5.41, 5.74) is 1.11. The highest BCUT2D eigenvalue weighted by Crippen LogP contribution is 2.22. The summed E-state index contributed by atoms with van der Waals surface area (Å²) in [5, 5.41) is 16.7. The SMILES string of the molecule is O=C(NCCN1CCCC1=O)c1cccc2cnc(N[C@H]3CC[C@H](O)CC3)nc12. The molecule has 2 aliphatic rings. The summed E-state index contributed by atoms with van der Waals surface area (Å²) in [6, 6.07) is 5.69. The van der Waals surface area contributed by atoms with Gasteiger partial charge in [0.25, 0.3) is 5.91 Å². The van der Waals surface area contributed by atoms with Crippen molar-refractivity contribution < 1.29 is 14.7 Å². The van der Waals surface area contributed by atoms with E-state index >= 15 is 0 Å². The van der Waals surface area contributed by atoms with Gasteiger partial charge in [0.05, 0.1) is 17.2 Å². The van der Waals surface area contributed by atoms with Crippen LogP contribution in [0.3, 0.4) is 0 Å². The van der Waals surface area contributed by atoms with Gasteiger partial charge in [0, 0.05) is 43.7 Å². The third-order valence-corrected chi connectivity index (χ3v) is 5.72. The zero-order chi connectivity index (χ0) is 20.2. The van der Waals surface area contributed by atoms with Gasteiger partial charge in [-0.1, -0.05) is 12.1 Å². The Morgan fingerprint density at radius 2 is 2.07 bits per heavy atom. The normalized spacial score (nSPS) is 22.1. The standard InChI is InChI=1S/C21H27N5O3/c27-16-8-6-15(7-9-16)24-21-23-13-14-3-1-4-17(19(14)25-21)20(29)22-10-12-26-11-2-5-18(26)28/h1,3-4,13,15-16,27H,2,5-12H2,(H,22,29)(H,23,24,25)/t15-,16-. The lowest BCUT2D eigenvalue weighted by atomic mass is 9.93. The molecule has 0 spiro atoms. The number of anilines is 1. The molecule has 2 aromatic rings. The van der Waals surface area contributed by atoms with Crippen LogP contribution in [0.25, 0.3) is 10.9 Å². The number of carbonyl (C=O) groups is 2. The van der Waals surface area contributed by atoms with Crippen molar-refractivity contribution in [1.82, 2.24) is 20.2 Å². The van der Waals surface area contributed by atoms with Crippen LogP contribution in [-0.2, 0) is 4.79 Å². The van der Waals surface area contributed by atoms with Gasteiger partial charge in [-0.2, -0.15) is 0 Å². The van der Waals surface area contributed by atoms with E-state index in [0.717, 1.165) is 44.0 Å². The number of hydrogen-bond donors (Lipinski definition) is 3. The Labute approximate surface area is 169 Å². The summed E-state index contributed by atoms with van der Waals surface area (Å²) in [6.45, 7) is 1.72.